The van der Waals surface area contributed by atoms with Gasteiger partial charge in [-0.25, -0.2) is 8.42 Å². The maximum atomic E-state index is 13.0. The third-order valence-corrected chi connectivity index (χ3v) is 5.81. The van der Waals surface area contributed by atoms with Crippen LogP contribution in [0, 0.1) is 0 Å². The highest BCUT2D eigenvalue weighted by molar-refractivity contribution is 7.89. The van der Waals surface area contributed by atoms with Gasteiger partial charge in [-0.2, -0.15) is 4.31 Å². The van der Waals surface area contributed by atoms with Gasteiger partial charge in [-0.15, -0.1) is 0 Å². The van der Waals surface area contributed by atoms with E-state index in [1.807, 2.05) is 0 Å². The number of ether oxygens (including phenoxy) is 3. The number of sulfonamides is 1. The van der Waals surface area contributed by atoms with Gasteiger partial charge in [0.05, 0.1) is 21.3 Å². The van der Waals surface area contributed by atoms with Crippen molar-refractivity contribution in [2.24, 2.45) is 0 Å². The first kappa shape index (κ1) is 17.6. The van der Waals surface area contributed by atoms with Crippen LogP contribution < -0.4 is 9.47 Å². The zero-order valence-electron chi connectivity index (χ0n) is 13.4. The Morgan fingerprint density at radius 2 is 1.91 bits per heavy atom. The zero-order valence-corrected chi connectivity index (χ0v) is 14.3. The number of carbonyl (C=O) groups is 1. The predicted molar refractivity (Wildman–Crippen MR) is 83.1 cm³/mol. The maximum Gasteiger partial charge on any atom is 0.324 e. The van der Waals surface area contributed by atoms with Gasteiger partial charge in [-0.3, -0.25) is 4.79 Å². The highest BCUT2D eigenvalue weighted by Crippen LogP contribution is 2.33. The van der Waals surface area contributed by atoms with Gasteiger partial charge < -0.3 is 14.2 Å². The van der Waals surface area contributed by atoms with Gasteiger partial charge in [0.1, 0.15) is 22.4 Å². The van der Waals surface area contributed by atoms with Crippen molar-refractivity contribution in [2.45, 2.75) is 30.2 Å². The van der Waals surface area contributed by atoms with Crippen molar-refractivity contribution < 1.29 is 27.4 Å². The summed E-state index contributed by atoms with van der Waals surface area (Å²) in [6.45, 7) is 0.266. The van der Waals surface area contributed by atoms with Crippen molar-refractivity contribution in [3.05, 3.63) is 18.2 Å². The number of hydrogen-bond donors (Lipinski definition) is 0. The molecule has 1 fully saturated rings. The molecule has 1 aliphatic heterocycles. The fraction of sp³-hybridized carbons (Fsp3) is 0.533. The first-order valence-corrected chi connectivity index (χ1v) is 8.71. The summed E-state index contributed by atoms with van der Waals surface area (Å²) in [7, 11) is 0.196. The van der Waals surface area contributed by atoms with Crippen LogP contribution in [0.25, 0.3) is 0 Å². The molecule has 7 nitrogen and oxygen atoms in total. The Bertz CT molecular complexity index is 673. The van der Waals surface area contributed by atoms with E-state index < -0.39 is 22.0 Å². The van der Waals surface area contributed by atoms with E-state index in [0.717, 1.165) is 6.42 Å². The lowest BCUT2D eigenvalue weighted by Crippen LogP contribution is -2.48. The zero-order chi connectivity index (χ0) is 17.0. The number of esters is 1. The monoisotopic (exact) mass is 343 g/mol. The number of hydrogen-bond acceptors (Lipinski definition) is 6. The van der Waals surface area contributed by atoms with Crippen molar-refractivity contribution in [3.63, 3.8) is 0 Å². The summed E-state index contributed by atoms with van der Waals surface area (Å²) in [4.78, 5) is 11.9. The van der Waals surface area contributed by atoms with E-state index in [4.69, 9.17) is 14.2 Å². The molecule has 1 saturated heterocycles. The lowest BCUT2D eigenvalue weighted by Gasteiger charge is -2.33. The average Bonchev–Trinajstić information content (AvgIpc) is 2.60. The van der Waals surface area contributed by atoms with E-state index >= 15 is 0 Å². The first-order valence-electron chi connectivity index (χ1n) is 7.27. The minimum atomic E-state index is -3.91. The predicted octanol–water partition coefficient (Wildman–Crippen LogP) is 1.42. The molecule has 0 N–H and O–H groups in total. The topological polar surface area (TPSA) is 82.1 Å². The first-order chi connectivity index (χ1) is 11.0. The Kier molecular flexibility index (Phi) is 5.48. The summed E-state index contributed by atoms with van der Waals surface area (Å²) in [5.74, 6) is 0.0612. The Morgan fingerprint density at radius 3 is 2.52 bits per heavy atom. The van der Waals surface area contributed by atoms with Gasteiger partial charge in [0.15, 0.2) is 0 Å². The lowest BCUT2D eigenvalue weighted by molar-refractivity contribution is -0.146. The van der Waals surface area contributed by atoms with Gasteiger partial charge >= 0.3 is 5.97 Å². The maximum absolute atomic E-state index is 13.0. The Morgan fingerprint density at radius 1 is 1.17 bits per heavy atom. The van der Waals surface area contributed by atoms with E-state index in [-0.39, 0.29) is 17.2 Å². The van der Waals surface area contributed by atoms with Crippen LogP contribution in [0.5, 0.6) is 11.5 Å². The van der Waals surface area contributed by atoms with Gasteiger partial charge in [-0.1, -0.05) is 0 Å². The molecule has 1 atom stereocenters. The molecule has 8 heteroatoms. The molecule has 0 aromatic heterocycles. The normalized spacial score (nSPS) is 19.2. The molecular weight excluding hydrogens is 322 g/mol. The van der Waals surface area contributed by atoms with E-state index in [1.54, 1.807) is 6.07 Å². The molecule has 128 valence electrons. The number of piperidine rings is 1. The minimum Gasteiger partial charge on any atom is -0.497 e. The molecule has 1 aromatic rings. The number of nitrogens with zero attached hydrogens (tertiary/aromatic N) is 1. The van der Waals surface area contributed by atoms with Crippen LogP contribution in [0.1, 0.15) is 19.3 Å². The van der Waals surface area contributed by atoms with Crippen molar-refractivity contribution in [3.8, 4) is 11.5 Å². The van der Waals surface area contributed by atoms with Crippen LogP contribution >= 0.6 is 0 Å². The molecule has 0 spiro atoms. The molecular formula is C15H21NO6S. The van der Waals surface area contributed by atoms with Crippen LogP contribution in [0.3, 0.4) is 0 Å². The molecule has 1 heterocycles. The SMILES string of the molecule is COC(=O)C1CCCCN1S(=O)(=O)c1cc(OC)ccc1OC. The standard InChI is InChI=1S/C15H21NO6S/c1-20-11-7-8-13(21-2)14(10-11)23(18,19)16-9-5-4-6-12(16)15(17)22-3/h7-8,10,12H,4-6,9H2,1-3H3. The molecule has 0 aliphatic carbocycles. The lowest BCUT2D eigenvalue weighted by atomic mass is 10.1. The smallest absolute Gasteiger partial charge is 0.324 e. The number of carbonyl (C=O) groups excluding carboxylic acids is 1. The van der Waals surface area contributed by atoms with Gasteiger partial charge in [0.2, 0.25) is 10.0 Å². The summed E-state index contributed by atoms with van der Waals surface area (Å²) in [6, 6.07) is 3.74. The van der Waals surface area contributed by atoms with E-state index in [9.17, 15) is 13.2 Å². The van der Waals surface area contributed by atoms with Crippen LogP contribution in [-0.4, -0.2) is 52.6 Å². The van der Waals surface area contributed by atoms with Gasteiger partial charge in [-0.05, 0) is 31.4 Å². The molecule has 1 unspecified atom stereocenters. The fourth-order valence-electron chi connectivity index (χ4n) is 2.68. The molecule has 0 radical (unpaired) electrons. The number of rotatable bonds is 5. The van der Waals surface area contributed by atoms with E-state index in [1.165, 1.54) is 37.8 Å². The highest BCUT2D eigenvalue weighted by atomic mass is 32.2. The third kappa shape index (κ3) is 3.42. The highest BCUT2D eigenvalue weighted by Gasteiger charge is 2.39. The van der Waals surface area contributed by atoms with Crippen LogP contribution in [0.2, 0.25) is 0 Å². The molecule has 2 rings (SSSR count). The Labute approximate surface area is 136 Å². The average molecular weight is 343 g/mol. The van der Waals surface area contributed by atoms with Crippen molar-refractivity contribution in [1.29, 1.82) is 0 Å². The summed E-state index contributed by atoms with van der Waals surface area (Å²) in [5.41, 5.74) is 0. The summed E-state index contributed by atoms with van der Waals surface area (Å²) >= 11 is 0. The minimum absolute atomic E-state index is 0.0184. The molecule has 0 amide bonds. The van der Waals surface area contributed by atoms with Crippen LogP contribution in [-0.2, 0) is 19.6 Å². The van der Waals surface area contributed by atoms with Crippen molar-refractivity contribution in [1.82, 2.24) is 4.31 Å². The second-order valence-corrected chi connectivity index (χ2v) is 7.03. The Balaban J connectivity index is 2.49. The molecule has 0 saturated carbocycles. The van der Waals surface area contributed by atoms with E-state index in [2.05, 4.69) is 0 Å². The second kappa shape index (κ2) is 7.18. The Hall–Kier alpha value is -1.80. The van der Waals surface area contributed by atoms with Crippen molar-refractivity contribution in [2.75, 3.05) is 27.9 Å². The number of benzene rings is 1. The van der Waals surface area contributed by atoms with E-state index in [0.29, 0.717) is 18.6 Å². The molecule has 1 aliphatic rings. The van der Waals surface area contributed by atoms with Crippen LogP contribution in [0.4, 0.5) is 0 Å². The largest absolute Gasteiger partial charge is 0.497 e. The summed E-state index contributed by atoms with van der Waals surface area (Å²) in [6.07, 6.45) is 1.91. The third-order valence-electron chi connectivity index (χ3n) is 3.88. The van der Waals surface area contributed by atoms with Gasteiger partial charge in [0.25, 0.3) is 0 Å². The quantitative estimate of drug-likeness (QED) is 0.752. The summed E-state index contributed by atoms with van der Waals surface area (Å²) < 4.78 is 42.3. The molecule has 0 bridgehead atoms. The fourth-order valence-corrected chi connectivity index (χ4v) is 4.50. The molecule has 23 heavy (non-hydrogen) atoms. The van der Waals surface area contributed by atoms with Gasteiger partial charge in [0, 0.05) is 12.6 Å². The number of methoxy groups -OCH3 is 3. The molecule has 1 aromatic carbocycles. The van der Waals surface area contributed by atoms with Crippen molar-refractivity contribution >= 4 is 16.0 Å². The van der Waals surface area contributed by atoms with Crippen LogP contribution in [0.15, 0.2) is 23.1 Å². The second-order valence-electron chi connectivity index (χ2n) is 5.17. The summed E-state index contributed by atoms with van der Waals surface area (Å²) in [5, 5.41) is 0.